The number of nitrogens with zero attached hydrogens (tertiary/aromatic N) is 2. The van der Waals surface area contributed by atoms with Gasteiger partial charge in [-0.1, -0.05) is 25.7 Å². The topological polar surface area (TPSA) is 52.7 Å². The van der Waals surface area contributed by atoms with Crippen LogP contribution in [-0.4, -0.2) is 60.9 Å². The van der Waals surface area contributed by atoms with Crippen LogP contribution >= 0.6 is 0 Å². The molecular weight excluding hydrogens is 314 g/mol. The molecular formula is C20H35N3O2. The fraction of sp³-hybridized carbons (Fsp3) is 0.900. The highest BCUT2D eigenvalue weighted by Gasteiger charge is 2.38. The molecule has 0 unspecified atom stereocenters. The molecule has 3 fully saturated rings. The van der Waals surface area contributed by atoms with Gasteiger partial charge in [-0.2, -0.15) is 0 Å². The number of nitrogens with one attached hydrogen (secondary N) is 1. The summed E-state index contributed by atoms with van der Waals surface area (Å²) in [6.45, 7) is 2.20. The van der Waals surface area contributed by atoms with Gasteiger partial charge in [0.15, 0.2) is 0 Å². The Bertz CT molecular complexity index is 479. The molecule has 1 aliphatic heterocycles. The van der Waals surface area contributed by atoms with E-state index in [0.717, 1.165) is 51.6 Å². The van der Waals surface area contributed by atoms with Crippen molar-refractivity contribution < 1.29 is 9.59 Å². The van der Waals surface area contributed by atoms with Crippen LogP contribution in [0.2, 0.25) is 0 Å². The van der Waals surface area contributed by atoms with Crippen LogP contribution in [0.25, 0.3) is 0 Å². The van der Waals surface area contributed by atoms with E-state index in [0.29, 0.717) is 6.54 Å². The second kappa shape index (κ2) is 8.07. The van der Waals surface area contributed by atoms with Gasteiger partial charge in [0, 0.05) is 31.1 Å². The molecule has 0 aromatic heterocycles. The highest BCUT2D eigenvalue weighted by molar-refractivity contribution is 5.83. The van der Waals surface area contributed by atoms with Gasteiger partial charge in [0.05, 0.1) is 5.92 Å². The van der Waals surface area contributed by atoms with Crippen molar-refractivity contribution in [2.75, 3.05) is 33.7 Å². The molecule has 5 heteroatoms. The average Bonchev–Trinajstić information content (AvgIpc) is 3.46. The summed E-state index contributed by atoms with van der Waals surface area (Å²) < 4.78 is 0. The lowest BCUT2D eigenvalue weighted by Crippen LogP contribution is -2.54. The number of hydrogen-bond acceptors (Lipinski definition) is 3. The molecule has 1 heterocycles. The Hall–Kier alpha value is -1.10. The molecule has 142 valence electrons. The monoisotopic (exact) mass is 349 g/mol. The number of likely N-dealkylation sites (tertiary alicyclic amines) is 1. The lowest BCUT2D eigenvalue weighted by molar-refractivity contribution is -0.137. The zero-order valence-electron chi connectivity index (χ0n) is 16.1. The predicted molar refractivity (Wildman–Crippen MR) is 99.2 cm³/mol. The summed E-state index contributed by atoms with van der Waals surface area (Å²) in [7, 11) is 4.29. The van der Waals surface area contributed by atoms with Crippen LogP contribution in [0.1, 0.15) is 64.2 Å². The van der Waals surface area contributed by atoms with Gasteiger partial charge in [-0.25, -0.2) is 0 Å². The minimum Gasteiger partial charge on any atom is -0.354 e. The third-order valence-corrected chi connectivity index (χ3v) is 6.61. The van der Waals surface area contributed by atoms with Crippen molar-refractivity contribution in [2.24, 2.45) is 11.8 Å². The number of hydrogen-bond donors (Lipinski definition) is 1. The molecule has 5 nitrogen and oxygen atoms in total. The molecule has 2 aliphatic carbocycles. The van der Waals surface area contributed by atoms with E-state index >= 15 is 0 Å². The van der Waals surface area contributed by atoms with Crippen molar-refractivity contribution in [1.82, 2.24) is 15.1 Å². The van der Waals surface area contributed by atoms with Gasteiger partial charge in [0.2, 0.25) is 11.8 Å². The molecule has 0 spiro atoms. The lowest BCUT2D eigenvalue weighted by Gasteiger charge is -2.40. The minimum atomic E-state index is -0.0264. The van der Waals surface area contributed by atoms with Crippen LogP contribution in [-0.2, 0) is 9.59 Å². The lowest BCUT2D eigenvalue weighted by atomic mass is 9.88. The quantitative estimate of drug-likeness (QED) is 0.776. The maximum atomic E-state index is 12.8. The molecule has 0 radical (unpaired) electrons. The van der Waals surface area contributed by atoms with Crippen molar-refractivity contribution in [3.05, 3.63) is 0 Å². The summed E-state index contributed by atoms with van der Waals surface area (Å²) in [5.74, 6) is 0.663. The van der Waals surface area contributed by atoms with Gasteiger partial charge in [-0.05, 0) is 52.6 Å². The Labute approximate surface area is 152 Å². The van der Waals surface area contributed by atoms with E-state index in [9.17, 15) is 9.59 Å². The first-order valence-corrected chi connectivity index (χ1v) is 10.3. The van der Waals surface area contributed by atoms with Crippen LogP contribution in [0.4, 0.5) is 0 Å². The van der Waals surface area contributed by atoms with Gasteiger partial charge >= 0.3 is 0 Å². The molecule has 0 aromatic carbocycles. The van der Waals surface area contributed by atoms with Crippen LogP contribution in [0.15, 0.2) is 0 Å². The Morgan fingerprint density at radius 3 is 2.28 bits per heavy atom. The van der Waals surface area contributed by atoms with E-state index in [1.165, 1.54) is 25.7 Å². The fourth-order valence-electron chi connectivity index (χ4n) is 4.54. The normalized spacial score (nSPS) is 27.0. The SMILES string of the molecule is CN(C)C1(CNC(=O)[C@@H]2CCCN(C(=O)C3CC3)C2)CCCCCC1. The van der Waals surface area contributed by atoms with Gasteiger partial charge < -0.3 is 15.1 Å². The van der Waals surface area contributed by atoms with Crippen molar-refractivity contribution in [3.8, 4) is 0 Å². The molecule has 0 aromatic rings. The molecule has 1 saturated heterocycles. The van der Waals surface area contributed by atoms with Gasteiger partial charge in [0.25, 0.3) is 0 Å². The van der Waals surface area contributed by atoms with Gasteiger partial charge in [0.1, 0.15) is 0 Å². The summed E-state index contributed by atoms with van der Waals surface area (Å²) >= 11 is 0. The van der Waals surface area contributed by atoms with E-state index in [-0.39, 0.29) is 29.2 Å². The number of carbonyl (C=O) groups is 2. The Kier molecular flexibility index (Phi) is 6.03. The predicted octanol–water partition coefficient (Wildman–Crippen LogP) is 2.41. The van der Waals surface area contributed by atoms with E-state index in [1.54, 1.807) is 0 Å². The smallest absolute Gasteiger partial charge is 0.225 e. The number of likely N-dealkylation sites (N-methyl/N-ethyl adjacent to an activating group) is 1. The fourth-order valence-corrected chi connectivity index (χ4v) is 4.54. The number of carbonyl (C=O) groups excluding carboxylic acids is 2. The summed E-state index contributed by atoms with van der Waals surface area (Å²) in [6.07, 6.45) is 11.4. The summed E-state index contributed by atoms with van der Waals surface area (Å²) in [5, 5.41) is 3.26. The maximum Gasteiger partial charge on any atom is 0.225 e. The third-order valence-electron chi connectivity index (χ3n) is 6.61. The highest BCUT2D eigenvalue weighted by Crippen LogP contribution is 2.33. The van der Waals surface area contributed by atoms with Crippen molar-refractivity contribution >= 4 is 11.8 Å². The molecule has 25 heavy (non-hydrogen) atoms. The van der Waals surface area contributed by atoms with E-state index in [1.807, 2.05) is 4.90 Å². The number of rotatable bonds is 5. The number of piperidine rings is 1. The van der Waals surface area contributed by atoms with E-state index < -0.39 is 0 Å². The molecule has 2 amide bonds. The van der Waals surface area contributed by atoms with E-state index in [4.69, 9.17) is 0 Å². The Balaban J connectivity index is 1.54. The van der Waals surface area contributed by atoms with E-state index in [2.05, 4.69) is 24.3 Å². The Morgan fingerprint density at radius 2 is 1.68 bits per heavy atom. The molecule has 1 N–H and O–H groups in total. The first kappa shape index (κ1) is 18.7. The number of amides is 2. The summed E-state index contributed by atoms with van der Waals surface area (Å²) in [4.78, 5) is 29.3. The van der Waals surface area contributed by atoms with Crippen molar-refractivity contribution in [2.45, 2.75) is 69.7 Å². The molecule has 2 saturated carbocycles. The Morgan fingerprint density at radius 1 is 1.00 bits per heavy atom. The van der Waals surface area contributed by atoms with Crippen LogP contribution < -0.4 is 5.32 Å². The van der Waals surface area contributed by atoms with Crippen molar-refractivity contribution in [1.29, 1.82) is 0 Å². The average molecular weight is 350 g/mol. The van der Waals surface area contributed by atoms with Crippen LogP contribution in [0.5, 0.6) is 0 Å². The maximum absolute atomic E-state index is 12.8. The molecule has 3 aliphatic rings. The second-order valence-corrected chi connectivity index (χ2v) is 8.65. The largest absolute Gasteiger partial charge is 0.354 e. The summed E-state index contributed by atoms with van der Waals surface area (Å²) in [6, 6.07) is 0. The standard InChI is InChI=1S/C20H35N3O2/c1-22(2)20(11-5-3-4-6-12-20)15-21-18(24)17-8-7-13-23(14-17)19(25)16-9-10-16/h16-17H,3-15H2,1-2H3,(H,21,24)/t17-/m1/s1. The zero-order chi connectivity index (χ0) is 17.9. The summed E-state index contributed by atoms with van der Waals surface area (Å²) in [5.41, 5.74) is 0.102. The first-order valence-electron chi connectivity index (χ1n) is 10.3. The third kappa shape index (κ3) is 4.55. The highest BCUT2D eigenvalue weighted by atomic mass is 16.2. The first-order chi connectivity index (χ1) is 12.0. The van der Waals surface area contributed by atoms with Gasteiger partial charge in [-0.3, -0.25) is 9.59 Å². The minimum absolute atomic E-state index is 0.0264. The van der Waals surface area contributed by atoms with Crippen LogP contribution in [0, 0.1) is 11.8 Å². The van der Waals surface area contributed by atoms with Crippen molar-refractivity contribution in [3.63, 3.8) is 0 Å². The molecule has 1 atom stereocenters. The van der Waals surface area contributed by atoms with Crippen LogP contribution in [0.3, 0.4) is 0 Å². The molecule has 3 rings (SSSR count). The van der Waals surface area contributed by atoms with Gasteiger partial charge in [-0.15, -0.1) is 0 Å². The zero-order valence-corrected chi connectivity index (χ0v) is 16.1. The second-order valence-electron chi connectivity index (χ2n) is 8.65. The molecule has 0 bridgehead atoms.